The number of nitrogens with one attached hydrogen (secondary N) is 1. The molecule has 1 saturated carbocycles. The number of carbonyl (C=O) groups is 1. The normalized spacial score (nSPS) is 31.5. The average molecular weight is 249 g/mol. The van der Waals surface area contributed by atoms with E-state index in [0.717, 1.165) is 44.6 Å². The van der Waals surface area contributed by atoms with E-state index in [2.05, 4.69) is 15.1 Å². The van der Waals surface area contributed by atoms with Gasteiger partial charge in [-0.05, 0) is 24.8 Å². The molecule has 18 heavy (non-hydrogen) atoms. The summed E-state index contributed by atoms with van der Waals surface area (Å²) in [6.45, 7) is 2.66. The lowest BCUT2D eigenvalue weighted by Crippen LogP contribution is -2.36. The van der Waals surface area contributed by atoms with E-state index >= 15 is 0 Å². The second-order valence-corrected chi connectivity index (χ2v) is 5.49. The molecule has 1 aromatic rings. The third-order valence-corrected chi connectivity index (χ3v) is 4.49. The van der Waals surface area contributed by atoms with Gasteiger partial charge in [-0.15, -0.1) is 0 Å². The summed E-state index contributed by atoms with van der Waals surface area (Å²) in [4.78, 5) is 14.4. The summed E-state index contributed by atoms with van der Waals surface area (Å²) in [5.74, 6) is 0.449. The maximum absolute atomic E-state index is 12.1. The van der Waals surface area contributed by atoms with Gasteiger partial charge < -0.3 is 4.74 Å². The zero-order valence-corrected chi connectivity index (χ0v) is 10.7. The van der Waals surface area contributed by atoms with Gasteiger partial charge in [-0.1, -0.05) is 6.42 Å². The molecule has 2 aliphatic rings. The van der Waals surface area contributed by atoms with Crippen molar-refractivity contribution in [3.8, 4) is 0 Å². The Bertz CT molecular complexity index is 431. The van der Waals surface area contributed by atoms with Gasteiger partial charge in [0, 0.05) is 31.5 Å². The molecule has 1 saturated heterocycles. The van der Waals surface area contributed by atoms with Crippen LogP contribution in [0.3, 0.4) is 0 Å². The molecular formula is C13H19N3O2. The van der Waals surface area contributed by atoms with Crippen LogP contribution in [0.1, 0.15) is 25.0 Å². The third-order valence-electron chi connectivity index (χ3n) is 4.49. The Morgan fingerprint density at radius 3 is 3.33 bits per heavy atom. The highest BCUT2D eigenvalue weighted by atomic mass is 16.5. The lowest BCUT2D eigenvalue weighted by atomic mass is 9.81. The topological polar surface area (TPSA) is 58.2 Å². The summed E-state index contributed by atoms with van der Waals surface area (Å²) in [6, 6.07) is 1.99. The van der Waals surface area contributed by atoms with E-state index in [1.165, 1.54) is 7.11 Å². The first kappa shape index (κ1) is 11.7. The van der Waals surface area contributed by atoms with Gasteiger partial charge in [0.1, 0.15) is 0 Å². The van der Waals surface area contributed by atoms with E-state index in [4.69, 9.17) is 4.74 Å². The lowest BCUT2D eigenvalue weighted by molar-refractivity contribution is -0.153. The van der Waals surface area contributed by atoms with Crippen molar-refractivity contribution < 1.29 is 9.53 Å². The number of methoxy groups -OCH3 is 1. The second kappa shape index (κ2) is 4.39. The summed E-state index contributed by atoms with van der Waals surface area (Å²) in [5.41, 5.74) is 0.865. The molecule has 1 aromatic heterocycles. The number of rotatable bonds is 3. The average Bonchev–Trinajstić information content (AvgIpc) is 3.03. The minimum absolute atomic E-state index is 0.0166. The molecule has 2 fully saturated rings. The molecule has 0 unspecified atom stereocenters. The quantitative estimate of drug-likeness (QED) is 0.817. The van der Waals surface area contributed by atoms with E-state index in [-0.39, 0.29) is 11.4 Å². The van der Waals surface area contributed by atoms with Crippen molar-refractivity contribution in [2.45, 2.75) is 25.8 Å². The molecule has 5 nitrogen and oxygen atoms in total. The monoisotopic (exact) mass is 249 g/mol. The number of aromatic nitrogens is 2. The van der Waals surface area contributed by atoms with Crippen molar-refractivity contribution in [3.63, 3.8) is 0 Å². The smallest absolute Gasteiger partial charge is 0.313 e. The Hall–Kier alpha value is -1.36. The largest absolute Gasteiger partial charge is 0.469 e. The molecule has 1 aliphatic carbocycles. The van der Waals surface area contributed by atoms with E-state index < -0.39 is 0 Å². The van der Waals surface area contributed by atoms with Gasteiger partial charge in [-0.3, -0.25) is 14.8 Å². The fraction of sp³-hybridized carbons (Fsp3) is 0.692. The first-order valence-electron chi connectivity index (χ1n) is 6.53. The summed E-state index contributed by atoms with van der Waals surface area (Å²) in [6.07, 6.45) is 5.04. The predicted octanol–water partition coefficient (Wildman–Crippen LogP) is 1.18. The Balaban J connectivity index is 1.74. The van der Waals surface area contributed by atoms with E-state index in [1.807, 2.05) is 6.07 Å². The first-order valence-corrected chi connectivity index (χ1v) is 6.53. The molecule has 0 radical (unpaired) electrons. The van der Waals surface area contributed by atoms with Crippen LogP contribution in [0, 0.1) is 11.3 Å². The van der Waals surface area contributed by atoms with Crippen molar-refractivity contribution in [1.29, 1.82) is 0 Å². The number of carbonyl (C=O) groups excluding carboxylic acids is 1. The fourth-order valence-corrected chi connectivity index (χ4v) is 3.66. The van der Waals surface area contributed by atoms with Crippen LogP contribution in [0.15, 0.2) is 12.3 Å². The number of likely N-dealkylation sites (tertiary alicyclic amines) is 1. The summed E-state index contributed by atoms with van der Waals surface area (Å²) in [5, 5.41) is 6.94. The molecule has 0 amide bonds. The van der Waals surface area contributed by atoms with Crippen LogP contribution in [-0.4, -0.2) is 41.3 Å². The molecule has 3 rings (SSSR count). The van der Waals surface area contributed by atoms with Crippen molar-refractivity contribution in [3.05, 3.63) is 18.0 Å². The van der Waals surface area contributed by atoms with Crippen molar-refractivity contribution >= 4 is 5.97 Å². The Labute approximate surface area is 107 Å². The van der Waals surface area contributed by atoms with Gasteiger partial charge in [-0.25, -0.2) is 0 Å². The van der Waals surface area contributed by atoms with Crippen LogP contribution in [0.2, 0.25) is 0 Å². The van der Waals surface area contributed by atoms with Crippen molar-refractivity contribution in [2.24, 2.45) is 11.3 Å². The lowest BCUT2D eigenvalue weighted by Gasteiger charge is -2.25. The molecule has 0 bridgehead atoms. The van der Waals surface area contributed by atoms with Crippen LogP contribution in [0.4, 0.5) is 0 Å². The highest BCUT2D eigenvalue weighted by molar-refractivity contribution is 5.78. The maximum atomic E-state index is 12.1. The number of ether oxygens (including phenoxy) is 1. The molecule has 0 spiro atoms. The highest BCUT2D eigenvalue weighted by Gasteiger charge is 2.55. The van der Waals surface area contributed by atoms with E-state index in [1.54, 1.807) is 6.20 Å². The molecule has 2 atom stereocenters. The number of hydrogen-bond donors (Lipinski definition) is 1. The maximum Gasteiger partial charge on any atom is 0.313 e. The van der Waals surface area contributed by atoms with Gasteiger partial charge in [0.2, 0.25) is 0 Å². The number of fused-ring (bicyclic) bond motifs is 1. The summed E-state index contributed by atoms with van der Waals surface area (Å²) >= 11 is 0. The van der Waals surface area contributed by atoms with Crippen LogP contribution in [0.25, 0.3) is 0 Å². The Morgan fingerprint density at radius 2 is 2.61 bits per heavy atom. The van der Waals surface area contributed by atoms with Crippen molar-refractivity contribution in [1.82, 2.24) is 15.1 Å². The summed E-state index contributed by atoms with van der Waals surface area (Å²) in [7, 11) is 1.50. The minimum Gasteiger partial charge on any atom is -0.469 e. The van der Waals surface area contributed by atoms with E-state index in [9.17, 15) is 4.79 Å². The standard InChI is InChI=1S/C13H19N3O2/c1-18-12(17)13-5-2-3-10(13)7-16(9-13)8-11-4-6-14-15-11/h4,6,10H,2-3,5,7-9H2,1H3,(H,14,15)/t10-,13+/m1/s1. The fourth-order valence-electron chi connectivity index (χ4n) is 3.66. The Kier molecular flexibility index (Phi) is 2.86. The molecule has 0 aromatic carbocycles. The predicted molar refractivity (Wildman–Crippen MR) is 65.7 cm³/mol. The number of esters is 1. The highest BCUT2D eigenvalue weighted by Crippen LogP contribution is 2.49. The first-order chi connectivity index (χ1) is 8.74. The summed E-state index contributed by atoms with van der Waals surface area (Å²) < 4.78 is 5.04. The van der Waals surface area contributed by atoms with Gasteiger partial charge >= 0.3 is 5.97 Å². The molecule has 1 aliphatic heterocycles. The van der Waals surface area contributed by atoms with Crippen LogP contribution in [-0.2, 0) is 16.1 Å². The zero-order chi connectivity index (χ0) is 12.6. The molecule has 5 heteroatoms. The van der Waals surface area contributed by atoms with Crippen LogP contribution < -0.4 is 0 Å². The zero-order valence-electron chi connectivity index (χ0n) is 10.7. The molecule has 98 valence electrons. The number of hydrogen-bond acceptors (Lipinski definition) is 4. The second-order valence-electron chi connectivity index (χ2n) is 5.49. The Morgan fingerprint density at radius 1 is 1.72 bits per heavy atom. The van der Waals surface area contributed by atoms with Gasteiger partial charge in [0.05, 0.1) is 12.5 Å². The number of aromatic amines is 1. The number of nitrogens with zero attached hydrogens (tertiary/aromatic N) is 2. The van der Waals surface area contributed by atoms with Crippen molar-refractivity contribution in [2.75, 3.05) is 20.2 Å². The third kappa shape index (κ3) is 1.73. The SMILES string of the molecule is COC(=O)[C@]12CCC[C@@H]1CN(Cc1ccn[nH]1)C2. The van der Waals surface area contributed by atoms with Crippen LogP contribution in [0.5, 0.6) is 0 Å². The van der Waals surface area contributed by atoms with E-state index in [0.29, 0.717) is 5.92 Å². The van der Waals surface area contributed by atoms with Crippen LogP contribution >= 0.6 is 0 Å². The minimum atomic E-state index is -0.241. The van der Waals surface area contributed by atoms with Gasteiger partial charge in [0.25, 0.3) is 0 Å². The van der Waals surface area contributed by atoms with Gasteiger partial charge in [0.15, 0.2) is 0 Å². The van der Waals surface area contributed by atoms with Gasteiger partial charge in [-0.2, -0.15) is 5.10 Å². The molecule has 2 heterocycles. The number of H-pyrrole nitrogens is 1. The molecule has 1 N–H and O–H groups in total. The molecular weight excluding hydrogens is 230 g/mol.